The predicted octanol–water partition coefficient (Wildman–Crippen LogP) is 6.11. The van der Waals surface area contributed by atoms with Crippen molar-refractivity contribution >= 4 is 5.91 Å². The number of rotatable bonds is 44. The van der Waals surface area contributed by atoms with Crippen LogP contribution in [0.25, 0.3) is 0 Å². The SMILES string of the molecule is CCCCCCCCCCCCCCCCCCCCC[C@@H](O)C(=O)N[C@@H](CO[C@@H]1O[C@H](CO[C@H]2O[C@H](CO)[C@H](O)[C@H](O)[C@H]2O)[C@@H](O)[C@H](O)[C@H]1O)[C@H](O)[C@H](O)CCCCCCCCCCCCCC. The van der Waals surface area contributed by atoms with Crippen molar-refractivity contribution < 1.29 is 74.8 Å². The predicted molar refractivity (Wildman–Crippen MR) is 266 cm³/mol. The lowest BCUT2D eigenvalue weighted by molar-refractivity contribution is -0.331. The molecule has 0 aliphatic carbocycles. The maximum atomic E-state index is 13.3. The van der Waals surface area contributed by atoms with E-state index in [0.717, 1.165) is 44.9 Å². The maximum Gasteiger partial charge on any atom is 0.249 e. The summed E-state index contributed by atoms with van der Waals surface area (Å²) in [4.78, 5) is 13.3. The zero-order valence-corrected chi connectivity index (χ0v) is 43.1. The third-order valence-corrected chi connectivity index (χ3v) is 14.3. The van der Waals surface area contributed by atoms with Crippen LogP contribution < -0.4 is 5.32 Å². The molecule has 410 valence electrons. The van der Waals surface area contributed by atoms with Gasteiger partial charge >= 0.3 is 0 Å². The number of unbranched alkanes of at least 4 members (excludes halogenated alkanes) is 29. The molecule has 0 aromatic rings. The van der Waals surface area contributed by atoms with E-state index in [1.165, 1.54) is 141 Å². The van der Waals surface area contributed by atoms with E-state index in [1.54, 1.807) is 0 Å². The third-order valence-electron chi connectivity index (χ3n) is 14.3. The fourth-order valence-corrected chi connectivity index (χ4v) is 9.47. The van der Waals surface area contributed by atoms with Gasteiger partial charge in [-0.15, -0.1) is 0 Å². The lowest BCUT2D eigenvalue weighted by Crippen LogP contribution is -2.62. The van der Waals surface area contributed by atoms with Crippen LogP contribution in [0.15, 0.2) is 0 Å². The fourth-order valence-electron chi connectivity index (χ4n) is 9.47. The summed E-state index contributed by atoms with van der Waals surface area (Å²) in [6, 6.07) is -1.27. The minimum atomic E-state index is -1.82. The van der Waals surface area contributed by atoms with Crippen LogP contribution in [0.2, 0.25) is 0 Å². The molecule has 0 spiro atoms. The fraction of sp³-hybridized carbons (Fsp3) is 0.981. The minimum absolute atomic E-state index is 0.209. The lowest BCUT2D eigenvalue weighted by atomic mass is 9.98. The molecule has 0 saturated carbocycles. The molecule has 0 bridgehead atoms. The summed E-state index contributed by atoms with van der Waals surface area (Å²) in [6.45, 7) is 2.69. The average Bonchev–Trinajstić information content (AvgIpc) is 3.34. The highest BCUT2D eigenvalue weighted by Crippen LogP contribution is 2.27. The molecule has 2 aliphatic rings. The van der Waals surface area contributed by atoms with Gasteiger partial charge in [0.2, 0.25) is 5.91 Å². The molecule has 2 saturated heterocycles. The van der Waals surface area contributed by atoms with Gasteiger partial charge in [-0.3, -0.25) is 4.79 Å². The minimum Gasteiger partial charge on any atom is -0.394 e. The van der Waals surface area contributed by atoms with Crippen LogP contribution in [0.1, 0.15) is 226 Å². The molecule has 2 rings (SSSR count). The average molecular weight is 994 g/mol. The zero-order chi connectivity index (χ0) is 50.7. The van der Waals surface area contributed by atoms with E-state index in [9.17, 15) is 55.9 Å². The largest absolute Gasteiger partial charge is 0.394 e. The van der Waals surface area contributed by atoms with Crippen molar-refractivity contribution in [2.45, 2.75) is 312 Å². The summed E-state index contributed by atoms with van der Waals surface area (Å²) >= 11 is 0. The van der Waals surface area contributed by atoms with Crippen LogP contribution in [0.3, 0.4) is 0 Å². The molecular weight excluding hydrogens is 891 g/mol. The Morgan fingerprint density at radius 2 is 0.812 bits per heavy atom. The number of aliphatic hydroxyl groups excluding tert-OH is 10. The van der Waals surface area contributed by atoms with Crippen molar-refractivity contribution in [3.63, 3.8) is 0 Å². The quantitative estimate of drug-likeness (QED) is 0.0308. The highest BCUT2D eigenvalue weighted by Gasteiger charge is 2.48. The van der Waals surface area contributed by atoms with Gasteiger partial charge in [-0.1, -0.05) is 213 Å². The number of hydrogen-bond acceptors (Lipinski definition) is 15. The zero-order valence-electron chi connectivity index (χ0n) is 43.1. The van der Waals surface area contributed by atoms with E-state index in [4.69, 9.17) is 18.9 Å². The molecule has 16 heteroatoms. The Labute approximate surface area is 416 Å². The van der Waals surface area contributed by atoms with E-state index in [-0.39, 0.29) is 12.8 Å². The number of amides is 1. The summed E-state index contributed by atoms with van der Waals surface area (Å²) in [7, 11) is 0. The first-order valence-corrected chi connectivity index (χ1v) is 28.0. The van der Waals surface area contributed by atoms with E-state index < -0.39 is 111 Å². The van der Waals surface area contributed by atoms with Crippen molar-refractivity contribution in [2.24, 2.45) is 0 Å². The molecule has 69 heavy (non-hydrogen) atoms. The second-order valence-electron chi connectivity index (χ2n) is 20.4. The van der Waals surface area contributed by atoms with Gasteiger partial charge in [-0.25, -0.2) is 0 Å². The summed E-state index contributed by atoms with van der Waals surface area (Å²) in [5.41, 5.74) is 0. The van der Waals surface area contributed by atoms with E-state index in [2.05, 4.69) is 19.2 Å². The van der Waals surface area contributed by atoms with Gasteiger partial charge in [0.25, 0.3) is 0 Å². The first kappa shape index (κ1) is 64.0. The van der Waals surface area contributed by atoms with Crippen LogP contribution >= 0.6 is 0 Å². The Morgan fingerprint density at radius 3 is 1.22 bits per heavy atom. The van der Waals surface area contributed by atoms with Crippen LogP contribution in [0.5, 0.6) is 0 Å². The number of ether oxygens (including phenoxy) is 4. The second-order valence-corrected chi connectivity index (χ2v) is 20.4. The highest BCUT2D eigenvalue weighted by molar-refractivity contribution is 5.80. The van der Waals surface area contributed by atoms with Crippen molar-refractivity contribution in [1.82, 2.24) is 5.32 Å². The van der Waals surface area contributed by atoms with Crippen LogP contribution in [0, 0.1) is 0 Å². The number of carbonyl (C=O) groups is 1. The Balaban J connectivity index is 1.84. The summed E-state index contributed by atoms with van der Waals surface area (Å²) in [5.74, 6) is -0.756. The van der Waals surface area contributed by atoms with Gasteiger partial charge in [-0.2, -0.15) is 0 Å². The summed E-state index contributed by atoms with van der Waals surface area (Å²) in [5, 5.41) is 108. The van der Waals surface area contributed by atoms with Gasteiger partial charge in [-0.05, 0) is 12.8 Å². The van der Waals surface area contributed by atoms with Crippen molar-refractivity contribution in [3.8, 4) is 0 Å². The second kappa shape index (κ2) is 40.3. The molecule has 0 unspecified atom stereocenters. The molecule has 14 atom stereocenters. The lowest BCUT2D eigenvalue weighted by Gasteiger charge is -2.43. The molecule has 0 aromatic heterocycles. The monoisotopic (exact) mass is 994 g/mol. The third kappa shape index (κ3) is 27.1. The number of hydrogen-bond donors (Lipinski definition) is 11. The smallest absolute Gasteiger partial charge is 0.249 e. The van der Waals surface area contributed by atoms with Gasteiger partial charge < -0.3 is 75.3 Å². The Kier molecular flexibility index (Phi) is 37.4. The number of carbonyl (C=O) groups excluding carboxylic acids is 1. The van der Waals surface area contributed by atoms with Gasteiger partial charge in [0.05, 0.1) is 32.0 Å². The molecule has 2 fully saturated rings. The summed E-state index contributed by atoms with van der Waals surface area (Å²) < 4.78 is 22.4. The first-order valence-electron chi connectivity index (χ1n) is 28.0. The molecule has 16 nitrogen and oxygen atoms in total. The number of nitrogens with one attached hydrogen (secondary N) is 1. The van der Waals surface area contributed by atoms with Crippen LogP contribution in [-0.2, 0) is 23.7 Å². The van der Waals surface area contributed by atoms with Gasteiger partial charge in [0.1, 0.15) is 61.0 Å². The Bertz CT molecular complexity index is 1210. The van der Waals surface area contributed by atoms with Crippen LogP contribution in [-0.4, -0.2) is 163 Å². The molecule has 2 aliphatic heterocycles. The Hall–Kier alpha value is -1.09. The van der Waals surface area contributed by atoms with Crippen molar-refractivity contribution in [3.05, 3.63) is 0 Å². The van der Waals surface area contributed by atoms with Crippen LogP contribution in [0.4, 0.5) is 0 Å². The van der Waals surface area contributed by atoms with Crippen molar-refractivity contribution in [1.29, 1.82) is 0 Å². The highest BCUT2D eigenvalue weighted by atomic mass is 16.7. The maximum absolute atomic E-state index is 13.3. The molecular formula is C53H103NO15. The molecule has 11 N–H and O–H groups in total. The molecule has 0 radical (unpaired) electrons. The Morgan fingerprint density at radius 1 is 0.464 bits per heavy atom. The van der Waals surface area contributed by atoms with E-state index >= 15 is 0 Å². The van der Waals surface area contributed by atoms with E-state index in [0.29, 0.717) is 12.8 Å². The van der Waals surface area contributed by atoms with E-state index in [1.807, 2.05) is 0 Å². The number of aliphatic hydroxyl groups is 10. The normalized spacial score (nSPS) is 27.0. The van der Waals surface area contributed by atoms with Crippen molar-refractivity contribution in [2.75, 3.05) is 19.8 Å². The molecule has 2 heterocycles. The molecule has 0 aromatic carbocycles. The molecule has 1 amide bonds. The summed E-state index contributed by atoms with van der Waals surface area (Å²) in [6.07, 6.45) is 17.1. The van der Waals surface area contributed by atoms with Gasteiger partial charge in [0, 0.05) is 0 Å². The topological polar surface area (TPSA) is 268 Å². The first-order chi connectivity index (χ1) is 33.4. The van der Waals surface area contributed by atoms with Gasteiger partial charge in [0.15, 0.2) is 12.6 Å². The standard InChI is InChI=1S/C53H103NO15/c1-3-5-7-9-11-13-15-17-18-19-20-21-22-23-25-27-29-31-33-35-41(57)51(65)54-39(44(58)40(56)34-32-30-28-26-24-16-14-12-10-8-6-4-2)37-66-52-50(64)48(62)46(60)43(69-52)38-67-53-49(63)47(61)45(59)42(36-55)68-53/h39-50,52-53,55-64H,3-38H2,1-2H3,(H,54,65)/t39-,40+,41+,42+,43+,44-,45-,46+,47-,48-,49+,50+,52+,53-/m0/s1.